The van der Waals surface area contributed by atoms with Gasteiger partial charge in [0.25, 0.3) is 0 Å². The van der Waals surface area contributed by atoms with Crippen LogP contribution in [0.25, 0.3) is 0 Å². The lowest BCUT2D eigenvalue weighted by Crippen LogP contribution is -2.34. The van der Waals surface area contributed by atoms with Crippen LogP contribution >= 0.6 is 11.3 Å². The zero-order valence-electron chi connectivity index (χ0n) is 15.1. The summed E-state index contributed by atoms with van der Waals surface area (Å²) in [6.45, 7) is 7.21. The van der Waals surface area contributed by atoms with Gasteiger partial charge in [-0.2, -0.15) is 0 Å². The van der Waals surface area contributed by atoms with Crippen molar-refractivity contribution >= 4 is 22.9 Å². The molecule has 1 aromatic heterocycles. The summed E-state index contributed by atoms with van der Waals surface area (Å²) in [6, 6.07) is 8.62. The number of piperidine rings is 1. The lowest BCUT2D eigenvalue weighted by atomic mass is 9.99. The number of hydrogen-bond donors (Lipinski definition) is 1. The third kappa shape index (κ3) is 5.05. The van der Waals surface area contributed by atoms with Crippen molar-refractivity contribution in [3.63, 3.8) is 0 Å². The van der Waals surface area contributed by atoms with E-state index in [1.165, 1.54) is 23.4 Å². The van der Waals surface area contributed by atoms with Gasteiger partial charge in [0.1, 0.15) is 0 Å². The van der Waals surface area contributed by atoms with E-state index in [0.29, 0.717) is 13.0 Å². The van der Waals surface area contributed by atoms with Crippen molar-refractivity contribution in [1.82, 2.24) is 10.3 Å². The molecule has 1 saturated heterocycles. The van der Waals surface area contributed by atoms with Crippen molar-refractivity contribution in [2.75, 3.05) is 18.0 Å². The Hall–Kier alpha value is -1.88. The van der Waals surface area contributed by atoms with E-state index >= 15 is 0 Å². The first kappa shape index (κ1) is 17.9. The summed E-state index contributed by atoms with van der Waals surface area (Å²) in [5.74, 6) is 0.872. The van der Waals surface area contributed by atoms with Gasteiger partial charge in [-0.25, -0.2) is 4.98 Å². The SMILES string of the molecule is Cc1ncsc1CCC(=O)NCc1ccc(N2CCC[C@H](C)C2)cc1. The average molecular weight is 358 g/mol. The molecule has 0 spiro atoms. The van der Waals surface area contributed by atoms with Gasteiger partial charge in [0.2, 0.25) is 5.91 Å². The van der Waals surface area contributed by atoms with Crippen LogP contribution < -0.4 is 10.2 Å². The number of carbonyl (C=O) groups excluding carboxylic acids is 1. The third-order valence-corrected chi connectivity index (χ3v) is 5.87. The summed E-state index contributed by atoms with van der Waals surface area (Å²) in [7, 11) is 0. The fraction of sp³-hybridized carbons (Fsp3) is 0.500. The number of anilines is 1. The van der Waals surface area contributed by atoms with E-state index < -0.39 is 0 Å². The predicted molar refractivity (Wildman–Crippen MR) is 104 cm³/mol. The molecule has 2 heterocycles. The molecular formula is C20H27N3OS. The van der Waals surface area contributed by atoms with Gasteiger partial charge in [0, 0.05) is 36.6 Å². The van der Waals surface area contributed by atoms with Crippen molar-refractivity contribution in [3.8, 4) is 0 Å². The van der Waals surface area contributed by atoms with Gasteiger partial charge in [0.15, 0.2) is 0 Å². The number of nitrogens with zero attached hydrogens (tertiary/aromatic N) is 2. The Labute approximate surface area is 154 Å². The van der Waals surface area contributed by atoms with Crippen LogP contribution in [0.2, 0.25) is 0 Å². The molecule has 25 heavy (non-hydrogen) atoms. The zero-order valence-corrected chi connectivity index (χ0v) is 15.9. The number of aryl methyl sites for hydroxylation is 2. The first-order chi connectivity index (χ1) is 12.1. The highest BCUT2D eigenvalue weighted by Crippen LogP contribution is 2.23. The highest BCUT2D eigenvalue weighted by Gasteiger charge is 2.16. The maximum absolute atomic E-state index is 12.0. The normalized spacial score (nSPS) is 17.5. The van der Waals surface area contributed by atoms with Gasteiger partial charge in [-0.3, -0.25) is 4.79 Å². The number of amides is 1. The van der Waals surface area contributed by atoms with Crippen LogP contribution in [-0.2, 0) is 17.8 Å². The molecule has 1 atom stereocenters. The number of rotatable bonds is 6. The molecule has 1 aliphatic heterocycles. The second kappa shape index (κ2) is 8.48. The van der Waals surface area contributed by atoms with Crippen LogP contribution in [-0.4, -0.2) is 24.0 Å². The maximum atomic E-state index is 12.0. The Kier molecular flexibility index (Phi) is 6.08. The van der Waals surface area contributed by atoms with E-state index in [1.807, 2.05) is 12.4 Å². The molecule has 134 valence electrons. The largest absolute Gasteiger partial charge is 0.371 e. The predicted octanol–water partition coefficient (Wildman–Crippen LogP) is 3.94. The molecule has 4 nitrogen and oxygen atoms in total. The minimum atomic E-state index is 0.0988. The molecule has 0 unspecified atom stereocenters. The van der Waals surface area contributed by atoms with Crippen LogP contribution in [0.15, 0.2) is 29.8 Å². The van der Waals surface area contributed by atoms with Crippen LogP contribution in [0.5, 0.6) is 0 Å². The van der Waals surface area contributed by atoms with Crippen molar-refractivity contribution in [1.29, 1.82) is 0 Å². The van der Waals surface area contributed by atoms with Crippen LogP contribution in [0.4, 0.5) is 5.69 Å². The lowest BCUT2D eigenvalue weighted by Gasteiger charge is -2.32. The molecule has 1 N–H and O–H groups in total. The van der Waals surface area contributed by atoms with Crippen LogP contribution in [0, 0.1) is 12.8 Å². The van der Waals surface area contributed by atoms with E-state index in [0.717, 1.165) is 36.7 Å². The third-order valence-electron chi connectivity index (χ3n) is 4.87. The molecule has 1 aromatic carbocycles. The monoisotopic (exact) mass is 357 g/mol. The molecule has 1 amide bonds. The fourth-order valence-corrected chi connectivity index (χ4v) is 4.11. The summed E-state index contributed by atoms with van der Waals surface area (Å²) < 4.78 is 0. The first-order valence-corrected chi connectivity index (χ1v) is 9.99. The van der Waals surface area contributed by atoms with Gasteiger partial charge in [-0.1, -0.05) is 19.1 Å². The van der Waals surface area contributed by atoms with E-state index in [9.17, 15) is 4.79 Å². The van der Waals surface area contributed by atoms with Gasteiger partial charge in [-0.05, 0) is 49.8 Å². The van der Waals surface area contributed by atoms with E-state index in [2.05, 4.69) is 46.4 Å². The molecule has 5 heteroatoms. The Morgan fingerprint density at radius 2 is 2.16 bits per heavy atom. The molecular weight excluding hydrogens is 330 g/mol. The van der Waals surface area contributed by atoms with E-state index in [-0.39, 0.29) is 5.91 Å². The number of benzene rings is 1. The van der Waals surface area contributed by atoms with Crippen LogP contribution in [0.1, 0.15) is 42.3 Å². The minimum absolute atomic E-state index is 0.0988. The Balaban J connectivity index is 1.45. The van der Waals surface area contributed by atoms with Crippen molar-refractivity contribution in [3.05, 3.63) is 45.9 Å². The van der Waals surface area contributed by atoms with E-state index in [1.54, 1.807) is 11.3 Å². The molecule has 1 aliphatic rings. The van der Waals surface area contributed by atoms with Gasteiger partial charge in [-0.15, -0.1) is 11.3 Å². The second-order valence-electron chi connectivity index (χ2n) is 7.00. The summed E-state index contributed by atoms with van der Waals surface area (Å²) in [6.07, 6.45) is 3.90. The maximum Gasteiger partial charge on any atom is 0.220 e. The lowest BCUT2D eigenvalue weighted by molar-refractivity contribution is -0.121. The second-order valence-corrected chi connectivity index (χ2v) is 7.94. The smallest absolute Gasteiger partial charge is 0.220 e. The van der Waals surface area contributed by atoms with Crippen molar-refractivity contribution in [2.24, 2.45) is 5.92 Å². The molecule has 1 fully saturated rings. The molecule has 0 aliphatic carbocycles. The Morgan fingerprint density at radius 1 is 1.36 bits per heavy atom. The van der Waals surface area contributed by atoms with E-state index in [4.69, 9.17) is 0 Å². The number of hydrogen-bond acceptors (Lipinski definition) is 4. The van der Waals surface area contributed by atoms with Crippen LogP contribution in [0.3, 0.4) is 0 Å². The highest BCUT2D eigenvalue weighted by molar-refractivity contribution is 7.09. The summed E-state index contributed by atoms with van der Waals surface area (Å²) in [4.78, 5) is 19.9. The quantitative estimate of drug-likeness (QED) is 0.852. The van der Waals surface area contributed by atoms with Crippen molar-refractivity contribution in [2.45, 2.75) is 46.1 Å². The first-order valence-electron chi connectivity index (χ1n) is 9.11. The highest BCUT2D eigenvalue weighted by atomic mass is 32.1. The van der Waals surface area contributed by atoms with Crippen molar-refractivity contribution < 1.29 is 4.79 Å². The number of aromatic nitrogens is 1. The molecule has 0 bridgehead atoms. The Morgan fingerprint density at radius 3 is 2.84 bits per heavy atom. The summed E-state index contributed by atoms with van der Waals surface area (Å²) in [5, 5.41) is 3.02. The van der Waals surface area contributed by atoms with Gasteiger partial charge >= 0.3 is 0 Å². The number of carbonyl (C=O) groups is 1. The fourth-order valence-electron chi connectivity index (χ4n) is 3.33. The summed E-state index contributed by atoms with van der Waals surface area (Å²) in [5.41, 5.74) is 5.33. The molecule has 0 radical (unpaired) electrons. The summed E-state index contributed by atoms with van der Waals surface area (Å²) >= 11 is 1.63. The van der Waals surface area contributed by atoms with Gasteiger partial charge < -0.3 is 10.2 Å². The minimum Gasteiger partial charge on any atom is -0.371 e. The zero-order chi connectivity index (χ0) is 17.6. The molecule has 2 aromatic rings. The number of nitrogens with one attached hydrogen (secondary N) is 1. The average Bonchev–Trinajstić information content (AvgIpc) is 3.03. The molecule has 0 saturated carbocycles. The molecule has 3 rings (SSSR count). The number of thiazole rings is 1. The topological polar surface area (TPSA) is 45.2 Å². The van der Waals surface area contributed by atoms with Gasteiger partial charge in [0.05, 0.1) is 11.2 Å². The standard InChI is InChI=1S/C20H27N3OS/c1-15-4-3-11-23(13-15)18-7-5-17(6-8-18)12-21-20(24)10-9-19-16(2)22-14-25-19/h5-8,14-15H,3-4,9-13H2,1-2H3,(H,21,24)/t15-/m0/s1. The Bertz CT molecular complexity index is 695.